The Morgan fingerprint density at radius 1 is 1.42 bits per heavy atom. The zero-order chi connectivity index (χ0) is 14.5. The number of hydrogen-bond acceptors (Lipinski definition) is 4. The van der Waals surface area contributed by atoms with Crippen molar-refractivity contribution in [3.05, 3.63) is 0 Å². The third kappa shape index (κ3) is 4.44. The van der Waals surface area contributed by atoms with Crippen LogP contribution < -0.4 is 5.32 Å². The second-order valence-electron chi connectivity index (χ2n) is 5.78. The van der Waals surface area contributed by atoms with Gasteiger partial charge in [-0.2, -0.15) is 0 Å². The van der Waals surface area contributed by atoms with E-state index in [4.69, 9.17) is 0 Å². The zero-order valence-electron chi connectivity index (χ0n) is 12.8. The molecule has 0 amide bonds. The summed E-state index contributed by atoms with van der Waals surface area (Å²) in [5.41, 5.74) is -0.843. The predicted octanol–water partition coefficient (Wildman–Crippen LogP) is 0.855. The summed E-state index contributed by atoms with van der Waals surface area (Å²) < 4.78 is 0. The highest BCUT2D eigenvalue weighted by atomic mass is 16.4. The molecule has 1 rings (SSSR count). The van der Waals surface area contributed by atoms with Crippen LogP contribution in [0.4, 0.5) is 0 Å². The lowest BCUT2D eigenvalue weighted by Gasteiger charge is -2.42. The van der Waals surface area contributed by atoms with E-state index in [9.17, 15) is 9.90 Å². The van der Waals surface area contributed by atoms with Gasteiger partial charge in [0, 0.05) is 32.2 Å². The topological polar surface area (TPSA) is 55.8 Å². The molecule has 0 saturated carbocycles. The van der Waals surface area contributed by atoms with Crippen LogP contribution in [-0.2, 0) is 4.79 Å². The van der Waals surface area contributed by atoms with E-state index in [2.05, 4.69) is 35.9 Å². The van der Waals surface area contributed by atoms with Gasteiger partial charge >= 0.3 is 5.97 Å². The lowest BCUT2D eigenvalue weighted by molar-refractivity contribution is -0.145. The third-order valence-electron chi connectivity index (χ3n) is 4.03. The van der Waals surface area contributed by atoms with E-state index in [1.54, 1.807) is 6.92 Å². The minimum absolute atomic E-state index is 0.503. The van der Waals surface area contributed by atoms with Gasteiger partial charge in [0.1, 0.15) is 5.54 Å². The number of hydrogen-bond donors (Lipinski definition) is 2. The Kier molecular flexibility index (Phi) is 6.23. The van der Waals surface area contributed by atoms with Crippen LogP contribution in [-0.4, -0.2) is 71.7 Å². The van der Waals surface area contributed by atoms with Gasteiger partial charge in [0.15, 0.2) is 0 Å². The molecule has 0 aromatic heterocycles. The number of piperazine rings is 1. The average molecular weight is 271 g/mol. The number of carbonyl (C=O) groups is 1. The van der Waals surface area contributed by atoms with Crippen LogP contribution in [0.1, 0.15) is 34.1 Å². The number of carboxylic acid groups (broad SMARTS) is 1. The molecule has 112 valence electrons. The van der Waals surface area contributed by atoms with Crippen molar-refractivity contribution in [2.75, 3.05) is 39.3 Å². The van der Waals surface area contributed by atoms with E-state index in [0.29, 0.717) is 12.6 Å². The molecule has 19 heavy (non-hydrogen) atoms. The van der Waals surface area contributed by atoms with Crippen LogP contribution in [0.2, 0.25) is 0 Å². The van der Waals surface area contributed by atoms with Crippen LogP contribution in [0.5, 0.6) is 0 Å². The van der Waals surface area contributed by atoms with Crippen LogP contribution >= 0.6 is 0 Å². The zero-order valence-corrected chi connectivity index (χ0v) is 12.8. The van der Waals surface area contributed by atoms with Gasteiger partial charge in [0.2, 0.25) is 0 Å². The Hall–Kier alpha value is -0.650. The van der Waals surface area contributed by atoms with Crippen LogP contribution in [0.25, 0.3) is 0 Å². The molecule has 5 nitrogen and oxygen atoms in total. The summed E-state index contributed by atoms with van der Waals surface area (Å²) in [7, 11) is 0. The first-order valence-corrected chi connectivity index (χ1v) is 7.37. The molecule has 5 heteroatoms. The number of nitrogens with zero attached hydrogens (tertiary/aromatic N) is 2. The standard InChI is InChI=1S/C14H29N3O2/c1-5-7-15-14(4,13(18)19)11-16-8-9-17(6-2)12(3)10-16/h12,15H,5-11H2,1-4H3,(H,18,19). The van der Waals surface area contributed by atoms with E-state index >= 15 is 0 Å². The van der Waals surface area contributed by atoms with Crippen molar-refractivity contribution in [1.82, 2.24) is 15.1 Å². The van der Waals surface area contributed by atoms with Crippen LogP contribution in [0, 0.1) is 0 Å². The fourth-order valence-corrected chi connectivity index (χ4v) is 2.73. The van der Waals surface area contributed by atoms with Gasteiger partial charge in [-0.1, -0.05) is 13.8 Å². The maximum atomic E-state index is 11.5. The Morgan fingerprint density at radius 2 is 2.11 bits per heavy atom. The Balaban J connectivity index is 2.58. The fraction of sp³-hybridized carbons (Fsp3) is 0.929. The van der Waals surface area contributed by atoms with Crippen molar-refractivity contribution >= 4 is 5.97 Å². The van der Waals surface area contributed by atoms with Gasteiger partial charge in [-0.3, -0.25) is 14.6 Å². The first-order chi connectivity index (χ1) is 8.92. The molecule has 0 aromatic carbocycles. The van der Waals surface area contributed by atoms with E-state index in [1.165, 1.54) is 0 Å². The van der Waals surface area contributed by atoms with Gasteiger partial charge in [0.25, 0.3) is 0 Å². The van der Waals surface area contributed by atoms with Crippen molar-refractivity contribution < 1.29 is 9.90 Å². The first kappa shape index (κ1) is 16.4. The van der Waals surface area contributed by atoms with Gasteiger partial charge in [-0.25, -0.2) is 0 Å². The predicted molar refractivity (Wildman–Crippen MR) is 77.5 cm³/mol. The van der Waals surface area contributed by atoms with E-state index in [0.717, 1.165) is 39.1 Å². The normalized spacial score (nSPS) is 25.2. The number of aliphatic carboxylic acids is 1. The van der Waals surface area contributed by atoms with E-state index in [-0.39, 0.29) is 0 Å². The molecule has 2 unspecified atom stereocenters. The minimum Gasteiger partial charge on any atom is -0.480 e. The molecule has 1 heterocycles. The SMILES string of the molecule is CCCNC(C)(CN1CCN(CC)C(C)C1)C(=O)O. The van der Waals surface area contributed by atoms with Gasteiger partial charge < -0.3 is 10.4 Å². The molecule has 0 aliphatic carbocycles. The quantitative estimate of drug-likeness (QED) is 0.719. The molecule has 2 atom stereocenters. The van der Waals surface area contributed by atoms with Gasteiger partial charge in [0.05, 0.1) is 0 Å². The molecule has 0 radical (unpaired) electrons. The molecule has 0 aromatic rings. The monoisotopic (exact) mass is 271 g/mol. The number of likely N-dealkylation sites (N-methyl/N-ethyl adjacent to an activating group) is 1. The lowest BCUT2D eigenvalue weighted by atomic mass is 10.0. The highest BCUT2D eigenvalue weighted by molar-refractivity contribution is 5.78. The lowest BCUT2D eigenvalue weighted by Crippen LogP contribution is -2.61. The highest BCUT2D eigenvalue weighted by Gasteiger charge is 2.36. The molecule has 0 bridgehead atoms. The summed E-state index contributed by atoms with van der Waals surface area (Å²) in [6, 6.07) is 0.503. The van der Waals surface area contributed by atoms with Crippen molar-refractivity contribution in [2.24, 2.45) is 0 Å². The van der Waals surface area contributed by atoms with Crippen molar-refractivity contribution in [3.63, 3.8) is 0 Å². The second kappa shape index (κ2) is 7.22. The summed E-state index contributed by atoms with van der Waals surface area (Å²) in [5.74, 6) is -0.758. The maximum absolute atomic E-state index is 11.5. The number of nitrogens with one attached hydrogen (secondary N) is 1. The molecule has 1 fully saturated rings. The fourth-order valence-electron chi connectivity index (χ4n) is 2.73. The highest BCUT2D eigenvalue weighted by Crippen LogP contribution is 2.14. The second-order valence-corrected chi connectivity index (χ2v) is 5.78. The van der Waals surface area contributed by atoms with E-state index < -0.39 is 11.5 Å². The maximum Gasteiger partial charge on any atom is 0.324 e. The van der Waals surface area contributed by atoms with Crippen molar-refractivity contribution in [2.45, 2.75) is 45.7 Å². The largest absolute Gasteiger partial charge is 0.480 e. The van der Waals surface area contributed by atoms with Crippen LogP contribution in [0.15, 0.2) is 0 Å². The Morgan fingerprint density at radius 3 is 2.58 bits per heavy atom. The number of carboxylic acids is 1. The van der Waals surface area contributed by atoms with Gasteiger partial charge in [-0.15, -0.1) is 0 Å². The Bertz CT molecular complexity index is 298. The molecule has 2 N–H and O–H groups in total. The molecular weight excluding hydrogens is 242 g/mol. The van der Waals surface area contributed by atoms with Crippen molar-refractivity contribution in [3.8, 4) is 0 Å². The van der Waals surface area contributed by atoms with Crippen molar-refractivity contribution in [1.29, 1.82) is 0 Å². The Labute approximate surface area is 117 Å². The minimum atomic E-state index is -0.843. The molecule has 1 aliphatic heterocycles. The molecule has 1 aliphatic rings. The summed E-state index contributed by atoms with van der Waals surface area (Å²) in [6.07, 6.45) is 0.947. The molecule has 1 saturated heterocycles. The molecule has 0 spiro atoms. The van der Waals surface area contributed by atoms with Gasteiger partial charge in [-0.05, 0) is 33.4 Å². The van der Waals surface area contributed by atoms with Crippen LogP contribution in [0.3, 0.4) is 0 Å². The number of rotatable bonds is 7. The third-order valence-corrected chi connectivity index (χ3v) is 4.03. The first-order valence-electron chi connectivity index (χ1n) is 7.37. The average Bonchev–Trinajstić information content (AvgIpc) is 2.36. The summed E-state index contributed by atoms with van der Waals surface area (Å²) in [4.78, 5) is 16.2. The smallest absolute Gasteiger partial charge is 0.324 e. The summed E-state index contributed by atoms with van der Waals surface area (Å²) in [6.45, 7) is 13.6. The molecular formula is C14H29N3O2. The summed E-state index contributed by atoms with van der Waals surface area (Å²) >= 11 is 0. The van der Waals surface area contributed by atoms with E-state index in [1.807, 2.05) is 0 Å². The summed E-state index contributed by atoms with van der Waals surface area (Å²) in [5, 5.41) is 12.6.